The van der Waals surface area contributed by atoms with Crippen molar-refractivity contribution in [2.45, 2.75) is 56.8 Å². The molecular weight excluding hydrogens is 242 g/mol. The molecule has 3 aliphatic rings. The van der Waals surface area contributed by atoms with Crippen LogP contribution in [0.1, 0.15) is 38.5 Å². The second-order valence-electron chi connectivity index (χ2n) is 6.65. The second-order valence-corrected chi connectivity index (χ2v) is 6.65. The van der Waals surface area contributed by atoms with Crippen LogP contribution >= 0.6 is 0 Å². The second kappa shape index (κ2) is 5.51. The van der Waals surface area contributed by atoms with E-state index in [1.54, 1.807) is 0 Å². The first-order valence-corrected chi connectivity index (χ1v) is 7.82. The number of ketones is 1. The molecule has 0 amide bonds. The van der Waals surface area contributed by atoms with Crippen molar-refractivity contribution in [2.75, 3.05) is 20.2 Å². The summed E-state index contributed by atoms with van der Waals surface area (Å²) in [5.41, 5.74) is 0. The van der Waals surface area contributed by atoms with E-state index in [2.05, 4.69) is 7.05 Å². The van der Waals surface area contributed by atoms with Crippen molar-refractivity contribution in [3.05, 3.63) is 0 Å². The van der Waals surface area contributed by atoms with Crippen molar-refractivity contribution >= 4 is 5.78 Å². The number of hydrogen-bond acceptors (Lipinski definition) is 3. The SMILES string of the molecule is C[NH+]1CCCCC1C1COC2CC(O)CCC2C1=O. The van der Waals surface area contributed by atoms with Gasteiger partial charge in [0.2, 0.25) is 0 Å². The highest BCUT2D eigenvalue weighted by atomic mass is 16.5. The predicted octanol–water partition coefficient (Wildman–Crippen LogP) is -0.201. The van der Waals surface area contributed by atoms with Crippen LogP contribution in [0.4, 0.5) is 0 Å². The van der Waals surface area contributed by atoms with Gasteiger partial charge in [-0.15, -0.1) is 0 Å². The van der Waals surface area contributed by atoms with Crippen molar-refractivity contribution < 1.29 is 19.5 Å². The van der Waals surface area contributed by atoms with E-state index in [1.165, 1.54) is 24.3 Å². The number of likely N-dealkylation sites (tertiary alicyclic amines) is 1. The van der Waals surface area contributed by atoms with Gasteiger partial charge in [-0.25, -0.2) is 0 Å². The number of nitrogens with one attached hydrogen (secondary N) is 1. The van der Waals surface area contributed by atoms with Gasteiger partial charge in [0.25, 0.3) is 0 Å². The van der Waals surface area contributed by atoms with Crippen LogP contribution in [0.2, 0.25) is 0 Å². The van der Waals surface area contributed by atoms with Gasteiger partial charge in [-0.05, 0) is 25.7 Å². The number of aliphatic hydroxyl groups excluding tert-OH is 1. The number of Topliss-reactive ketones (excluding diaryl/α,β-unsaturated/α-hetero) is 1. The van der Waals surface area contributed by atoms with Crippen LogP contribution in [-0.4, -0.2) is 49.3 Å². The fraction of sp³-hybridized carbons (Fsp3) is 0.933. The maximum atomic E-state index is 12.7. The number of piperidine rings is 1. The van der Waals surface area contributed by atoms with Crippen molar-refractivity contribution in [1.82, 2.24) is 0 Å². The molecule has 3 rings (SSSR count). The van der Waals surface area contributed by atoms with E-state index in [-0.39, 0.29) is 24.0 Å². The standard InChI is InChI=1S/C15H25NO3/c1-16-7-3-2-4-13(16)12-9-19-14-8-10(17)5-6-11(14)15(12)18/h10-14,17H,2-9H2,1H3/p+1. The molecule has 1 saturated carbocycles. The van der Waals surface area contributed by atoms with Crippen LogP contribution in [0, 0.1) is 11.8 Å². The average molecular weight is 268 g/mol. The molecule has 3 fully saturated rings. The monoisotopic (exact) mass is 268 g/mol. The number of hydrogen-bond donors (Lipinski definition) is 2. The van der Waals surface area contributed by atoms with E-state index in [1.807, 2.05) is 0 Å². The highest BCUT2D eigenvalue weighted by Crippen LogP contribution is 2.35. The third kappa shape index (κ3) is 2.58. The summed E-state index contributed by atoms with van der Waals surface area (Å²) in [6.45, 7) is 1.76. The molecule has 2 aliphatic heterocycles. The van der Waals surface area contributed by atoms with Crippen LogP contribution in [0.25, 0.3) is 0 Å². The Morgan fingerprint density at radius 2 is 2.05 bits per heavy atom. The van der Waals surface area contributed by atoms with E-state index < -0.39 is 0 Å². The van der Waals surface area contributed by atoms with E-state index in [0.717, 1.165) is 19.3 Å². The zero-order valence-electron chi connectivity index (χ0n) is 11.8. The molecule has 0 aromatic rings. The molecular formula is C15H26NO3+. The van der Waals surface area contributed by atoms with Crippen molar-refractivity contribution in [3.63, 3.8) is 0 Å². The molecule has 2 saturated heterocycles. The fourth-order valence-corrected chi connectivity index (χ4v) is 4.26. The number of quaternary nitrogens is 1. The maximum absolute atomic E-state index is 12.7. The molecule has 2 heterocycles. The van der Waals surface area contributed by atoms with E-state index in [0.29, 0.717) is 24.9 Å². The summed E-state index contributed by atoms with van der Waals surface area (Å²) in [6.07, 6.45) is 5.62. The topological polar surface area (TPSA) is 51.0 Å². The van der Waals surface area contributed by atoms with Gasteiger partial charge in [-0.1, -0.05) is 0 Å². The van der Waals surface area contributed by atoms with Crippen LogP contribution in [0.5, 0.6) is 0 Å². The third-order valence-electron chi connectivity index (χ3n) is 5.44. The Balaban J connectivity index is 1.70. The summed E-state index contributed by atoms with van der Waals surface area (Å²) in [4.78, 5) is 14.2. The van der Waals surface area contributed by atoms with Gasteiger partial charge in [-0.2, -0.15) is 0 Å². The smallest absolute Gasteiger partial charge is 0.149 e. The lowest BCUT2D eigenvalue weighted by atomic mass is 9.73. The molecule has 6 unspecified atom stereocenters. The highest BCUT2D eigenvalue weighted by Gasteiger charge is 2.47. The van der Waals surface area contributed by atoms with Crippen molar-refractivity contribution in [2.24, 2.45) is 11.8 Å². The van der Waals surface area contributed by atoms with Gasteiger partial charge in [0, 0.05) is 18.8 Å². The first kappa shape index (κ1) is 13.5. The van der Waals surface area contributed by atoms with Crippen LogP contribution < -0.4 is 4.90 Å². The Kier molecular flexibility index (Phi) is 3.92. The first-order valence-electron chi connectivity index (χ1n) is 7.82. The molecule has 0 aromatic carbocycles. The minimum atomic E-state index is -0.270. The van der Waals surface area contributed by atoms with Gasteiger partial charge in [0.05, 0.1) is 44.4 Å². The lowest BCUT2D eigenvalue weighted by molar-refractivity contribution is -0.914. The highest BCUT2D eigenvalue weighted by molar-refractivity contribution is 5.85. The normalized spacial score (nSPS) is 47.8. The Labute approximate surface area is 115 Å². The van der Waals surface area contributed by atoms with Crippen LogP contribution in [-0.2, 0) is 9.53 Å². The molecule has 4 heteroatoms. The van der Waals surface area contributed by atoms with Gasteiger partial charge in [-0.3, -0.25) is 4.79 Å². The summed E-state index contributed by atoms with van der Waals surface area (Å²) < 4.78 is 5.94. The number of fused-ring (bicyclic) bond motifs is 1. The molecule has 6 atom stereocenters. The molecule has 1 aliphatic carbocycles. The van der Waals surface area contributed by atoms with Crippen LogP contribution in [0.15, 0.2) is 0 Å². The van der Waals surface area contributed by atoms with Gasteiger partial charge < -0.3 is 14.7 Å². The number of rotatable bonds is 1. The Bertz CT molecular complexity index is 346. The number of carbonyl (C=O) groups excluding carboxylic acids is 1. The number of aliphatic hydroxyl groups is 1. The quantitative estimate of drug-likeness (QED) is 0.692. The molecule has 0 aromatic heterocycles. The molecule has 0 bridgehead atoms. The average Bonchev–Trinajstić information content (AvgIpc) is 2.40. The van der Waals surface area contributed by atoms with E-state index in [4.69, 9.17) is 4.74 Å². The fourth-order valence-electron chi connectivity index (χ4n) is 4.26. The minimum Gasteiger partial charge on any atom is -0.393 e. The maximum Gasteiger partial charge on any atom is 0.149 e. The molecule has 4 nitrogen and oxygen atoms in total. The zero-order valence-corrected chi connectivity index (χ0v) is 11.8. The lowest BCUT2D eigenvalue weighted by Gasteiger charge is -2.43. The van der Waals surface area contributed by atoms with E-state index in [9.17, 15) is 9.90 Å². The van der Waals surface area contributed by atoms with Crippen LogP contribution in [0.3, 0.4) is 0 Å². The summed E-state index contributed by atoms with van der Waals surface area (Å²) >= 11 is 0. The van der Waals surface area contributed by atoms with E-state index >= 15 is 0 Å². The minimum absolute atomic E-state index is 0.0172. The van der Waals surface area contributed by atoms with Gasteiger partial charge in [0.15, 0.2) is 0 Å². The summed E-state index contributed by atoms with van der Waals surface area (Å²) in [7, 11) is 2.22. The summed E-state index contributed by atoms with van der Waals surface area (Å²) in [5, 5.41) is 9.70. The largest absolute Gasteiger partial charge is 0.393 e. The Morgan fingerprint density at radius 1 is 1.21 bits per heavy atom. The number of carbonyl (C=O) groups is 1. The predicted molar refractivity (Wildman–Crippen MR) is 71.0 cm³/mol. The molecule has 0 spiro atoms. The summed E-state index contributed by atoms with van der Waals surface area (Å²) in [6, 6.07) is 0.453. The number of ether oxygens (including phenoxy) is 1. The van der Waals surface area contributed by atoms with Gasteiger partial charge >= 0.3 is 0 Å². The van der Waals surface area contributed by atoms with Crippen molar-refractivity contribution in [1.29, 1.82) is 0 Å². The summed E-state index contributed by atoms with van der Waals surface area (Å²) in [5.74, 6) is 0.572. The first-order chi connectivity index (χ1) is 9.16. The van der Waals surface area contributed by atoms with Crippen molar-refractivity contribution in [3.8, 4) is 0 Å². The molecule has 19 heavy (non-hydrogen) atoms. The lowest BCUT2D eigenvalue weighted by Crippen LogP contribution is -3.15. The zero-order chi connectivity index (χ0) is 13.4. The molecule has 2 N–H and O–H groups in total. The third-order valence-corrected chi connectivity index (χ3v) is 5.44. The van der Waals surface area contributed by atoms with Gasteiger partial charge in [0.1, 0.15) is 5.78 Å². The molecule has 108 valence electrons. The Hall–Kier alpha value is -0.450. The molecule has 0 radical (unpaired) electrons. The Morgan fingerprint density at radius 3 is 2.84 bits per heavy atom.